The summed E-state index contributed by atoms with van der Waals surface area (Å²) in [6.07, 6.45) is 0. The number of carbonyl (C=O) groups excluding carboxylic acids is 1. The summed E-state index contributed by atoms with van der Waals surface area (Å²) >= 11 is 0. The second kappa shape index (κ2) is 7.99. The molecule has 2 aromatic carbocycles. The first kappa shape index (κ1) is 18.6. The second-order valence-electron chi connectivity index (χ2n) is 7.62. The minimum Gasteiger partial charge on any atom is -0.352 e. The van der Waals surface area contributed by atoms with Crippen molar-refractivity contribution in [3.05, 3.63) is 72.3 Å². The van der Waals surface area contributed by atoms with E-state index in [-0.39, 0.29) is 11.3 Å². The number of nitrogens with zero attached hydrogens (tertiary/aromatic N) is 2. The maximum Gasteiger partial charge on any atom is 0.251 e. The molecule has 3 rings (SSSR count). The van der Waals surface area contributed by atoms with Gasteiger partial charge in [0, 0.05) is 23.4 Å². The topological polar surface area (TPSA) is 66.9 Å². The lowest BCUT2D eigenvalue weighted by molar-refractivity contribution is 0.0939. The van der Waals surface area contributed by atoms with E-state index >= 15 is 0 Å². The van der Waals surface area contributed by atoms with E-state index in [9.17, 15) is 4.79 Å². The number of rotatable bonds is 5. The molecule has 0 unspecified atom stereocenters. The van der Waals surface area contributed by atoms with E-state index in [2.05, 4.69) is 41.6 Å². The van der Waals surface area contributed by atoms with E-state index in [1.807, 2.05) is 60.7 Å². The molecule has 0 saturated heterocycles. The van der Waals surface area contributed by atoms with Gasteiger partial charge in [-0.1, -0.05) is 57.2 Å². The monoisotopic (exact) mass is 360 g/mol. The van der Waals surface area contributed by atoms with Crippen LogP contribution in [0, 0.1) is 5.41 Å². The zero-order chi connectivity index (χ0) is 19.3. The fourth-order valence-corrected chi connectivity index (χ4v) is 2.50. The van der Waals surface area contributed by atoms with Gasteiger partial charge in [-0.3, -0.25) is 4.79 Å². The van der Waals surface area contributed by atoms with Crippen LogP contribution in [-0.4, -0.2) is 22.6 Å². The third kappa shape index (κ3) is 5.38. The molecule has 5 nitrogen and oxygen atoms in total. The van der Waals surface area contributed by atoms with Crippen molar-refractivity contribution in [1.29, 1.82) is 0 Å². The first-order chi connectivity index (χ1) is 12.9. The third-order valence-electron chi connectivity index (χ3n) is 3.91. The molecule has 0 saturated carbocycles. The molecule has 0 bridgehead atoms. The molecule has 1 heterocycles. The number of hydrogen-bond donors (Lipinski definition) is 2. The fraction of sp³-hybridized carbons (Fsp3) is 0.227. The van der Waals surface area contributed by atoms with Crippen molar-refractivity contribution in [1.82, 2.24) is 15.5 Å². The Labute approximate surface area is 159 Å². The van der Waals surface area contributed by atoms with Crippen molar-refractivity contribution in [2.45, 2.75) is 20.8 Å². The van der Waals surface area contributed by atoms with Crippen LogP contribution in [0.4, 0.5) is 11.5 Å². The molecule has 0 aliphatic carbocycles. The zero-order valence-corrected chi connectivity index (χ0v) is 15.9. The van der Waals surface area contributed by atoms with Crippen LogP contribution in [-0.2, 0) is 0 Å². The van der Waals surface area contributed by atoms with Gasteiger partial charge in [0.2, 0.25) is 0 Å². The number of nitrogens with one attached hydrogen (secondary N) is 2. The molecule has 0 atom stereocenters. The average Bonchev–Trinajstić information content (AvgIpc) is 2.67. The first-order valence-corrected chi connectivity index (χ1v) is 8.95. The van der Waals surface area contributed by atoms with Gasteiger partial charge in [-0.15, -0.1) is 10.2 Å². The number of benzene rings is 2. The molecule has 0 spiro atoms. The maximum absolute atomic E-state index is 12.3. The molecule has 5 heteroatoms. The highest BCUT2D eigenvalue weighted by molar-refractivity contribution is 5.95. The van der Waals surface area contributed by atoms with E-state index in [4.69, 9.17) is 0 Å². The molecule has 0 fully saturated rings. The van der Waals surface area contributed by atoms with Gasteiger partial charge in [0.15, 0.2) is 5.82 Å². The summed E-state index contributed by atoms with van der Waals surface area (Å²) < 4.78 is 0. The van der Waals surface area contributed by atoms with E-state index in [0.29, 0.717) is 17.9 Å². The highest BCUT2D eigenvalue weighted by Crippen LogP contribution is 2.19. The van der Waals surface area contributed by atoms with E-state index in [1.165, 1.54) is 0 Å². The highest BCUT2D eigenvalue weighted by atomic mass is 16.1. The summed E-state index contributed by atoms with van der Waals surface area (Å²) in [7, 11) is 0. The molecule has 3 aromatic rings. The number of hydrogen-bond acceptors (Lipinski definition) is 4. The Morgan fingerprint density at radius 1 is 0.926 bits per heavy atom. The Morgan fingerprint density at radius 2 is 1.70 bits per heavy atom. The number of carbonyl (C=O) groups is 1. The molecular formula is C22H24N4O. The van der Waals surface area contributed by atoms with Crippen molar-refractivity contribution in [2.75, 3.05) is 11.9 Å². The van der Waals surface area contributed by atoms with Crippen LogP contribution >= 0.6 is 0 Å². The quantitative estimate of drug-likeness (QED) is 0.694. The normalized spacial score (nSPS) is 11.1. The van der Waals surface area contributed by atoms with Crippen LogP contribution < -0.4 is 10.6 Å². The molecule has 27 heavy (non-hydrogen) atoms. The minimum atomic E-state index is -0.0842. The lowest BCUT2D eigenvalue weighted by atomic mass is 9.97. The van der Waals surface area contributed by atoms with Gasteiger partial charge in [-0.2, -0.15) is 0 Å². The number of aromatic nitrogens is 2. The number of amides is 1. The van der Waals surface area contributed by atoms with Crippen molar-refractivity contribution >= 4 is 17.4 Å². The Bertz CT molecular complexity index is 900. The summed E-state index contributed by atoms with van der Waals surface area (Å²) in [4.78, 5) is 12.3. The summed E-state index contributed by atoms with van der Waals surface area (Å²) in [5.74, 6) is 0.543. The van der Waals surface area contributed by atoms with Crippen LogP contribution in [0.15, 0.2) is 66.7 Å². The molecule has 2 N–H and O–H groups in total. The van der Waals surface area contributed by atoms with Gasteiger partial charge < -0.3 is 10.6 Å². The third-order valence-corrected chi connectivity index (χ3v) is 3.91. The molecule has 1 aromatic heterocycles. The predicted molar refractivity (Wildman–Crippen MR) is 109 cm³/mol. The van der Waals surface area contributed by atoms with Gasteiger partial charge in [-0.05, 0) is 35.7 Å². The maximum atomic E-state index is 12.3. The summed E-state index contributed by atoms with van der Waals surface area (Å²) in [5, 5.41) is 14.7. The smallest absolute Gasteiger partial charge is 0.251 e. The van der Waals surface area contributed by atoms with Crippen molar-refractivity contribution in [3.63, 3.8) is 0 Å². The summed E-state index contributed by atoms with van der Waals surface area (Å²) in [6.45, 7) is 6.88. The lowest BCUT2D eigenvalue weighted by Crippen LogP contribution is -2.32. The highest BCUT2D eigenvalue weighted by Gasteiger charge is 2.13. The SMILES string of the molecule is CC(C)(C)CNC(=O)c1cccc(Nc2ccc(-c3ccccc3)nn2)c1. The largest absolute Gasteiger partial charge is 0.352 e. The first-order valence-electron chi connectivity index (χ1n) is 8.95. The molecular weight excluding hydrogens is 336 g/mol. The molecule has 0 aliphatic heterocycles. The number of anilines is 2. The summed E-state index contributed by atoms with van der Waals surface area (Å²) in [5.41, 5.74) is 3.28. The van der Waals surface area contributed by atoms with Crippen molar-refractivity contribution < 1.29 is 4.79 Å². The van der Waals surface area contributed by atoms with E-state index in [1.54, 1.807) is 6.07 Å². The summed E-state index contributed by atoms with van der Waals surface area (Å²) in [6, 6.07) is 21.1. The standard InChI is InChI=1S/C22H24N4O/c1-22(2,3)15-23-21(27)17-10-7-11-18(14-17)24-20-13-12-19(25-26-20)16-8-5-4-6-9-16/h4-14H,15H2,1-3H3,(H,23,27)(H,24,26). The van der Waals surface area contributed by atoms with Gasteiger partial charge in [0.1, 0.15) is 0 Å². The Morgan fingerprint density at radius 3 is 2.37 bits per heavy atom. The van der Waals surface area contributed by atoms with Gasteiger partial charge in [0.25, 0.3) is 5.91 Å². The Kier molecular flexibility index (Phi) is 5.50. The lowest BCUT2D eigenvalue weighted by Gasteiger charge is -2.18. The zero-order valence-electron chi connectivity index (χ0n) is 15.9. The molecule has 0 aliphatic rings. The Balaban J connectivity index is 1.68. The van der Waals surface area contributed by atoms with Crippen molar-refractivity contribution in [2.24, 2.45) is 5.41 Å². The molecule has 1 amide bonds. The van der Waals surface area contributed by atoms with Gasteiger partial charge in [-0.25, -0.2) is 0 Å². The van der Waals surface area contributed by atoms with Crippen molar-refractivity contribution in [3.8, 4) is 11.3 Å². The predicted octanol–water partition coefficient (Wildman–Crippen LogP) is 4.66. The van der Waals surface area contributed by atoms with Crippen LogP contribution in [0.1, 0.15) is 31.1 Å². The van der Waals surface area contributed by atoms with Crippen LogP contribution in [0.25, 0.3) is 11.3 Å². The fourth-order valence-electron chi connectivity index (χ4n) is 2.50. The van der Waals surface area contributed by atoms with Gasteiger partial charge >= 0.3 is 0 Å². The molecule has 138 valence electrons. The Hall–Kier alpha value is -3.21. The van der Waals surface area contributed by atoms with Crippen LogP contribution in [0.2, 0.25) is 0 Å². The van der Waals surface area contributed by atoms with E-state index in [0.717, 1.165) is 16.9 Å². The average molecular weight is 360 g/mol. The van der Waals surface area contributed by atoms with Crippen LogP contribution in [0.5, 0.6) is 0 Å². The second-order valence-corrected chi connectivity index (χ2v) is 7.62. The molecule has 0 radical (unpaired) electrons. The minimum absolute atomic E-state index is 0.0433. The van der Waals surface area contributed by atoms with Gasteiger partial charge in [0.05, 0.1) is 5.69 Å². The van der Waals surface area contributed by atoms with Crippen LogP contribution in [0.3, 0.4) is 0 Å². The van der Waals surface area contributed by atoms with E-state index < -0.39 is 0 Å².